The van der Waals surface area contributed by atoms with Crippen molar-refractivity contribution in [3.05, 3.63) is 41.5 Å². The van der Waals surface area contributed by atoms with Crippen molar-refractivity contribution in [2.45, 2.75) is 12.3 Å². The van der Waals surface area contributed by atoms with Gasteiger partial charge < -0.3 is 5.11 Å². The molecule has 1 aromatic carbocycles. The van der Waals surface area contributed by atoms with E-state index in [1.807, 2.05) is 0 Å². The maximum absolute atomic E-state index is 13.3. The van der Waals surface area contributed by atoms with Crippen molar-refractivity contribution in [2.24, 2.45) is 0 Å². The Labute approximate surface area is 84.8 Å². The van der Waals surface area contributed by atoms with E-state index in [0.717, 1.165) is 5.56 Å². The van der Waals surface area contributed by atoms with Crippen LogP contribution < -0.4 is 0 Å². The Morgan fingerprint density at radius 2 is 2.00 bits per heavy atom. The molecule has 0 fully saturated rings. The molecule has 0 radical (unpaired) electrons. The zero-order chi connectivity index (χ0) is 11.1. The number of alkyl halides is 2. The molecule has 0 aromatic heterocycles. The Morgan fingerprint density at radius 1 is 1.33 bits per heavy atom. The maximum atomic E-state index is 13.3. The van der Waals surface area contributed by atoms with Crippen molar-refractivity contribution in [1.82, 2.24) is 0 Å². The molecule has 0 aliphatic heterocycles. The highest BCUT2D eigenvalue weighted by Crippen LogP contribution is 2.38. The van der Waals surface area contributed by atoms with E-state index in [1.165, 1.54) is 12.1 Å². The third-order valence-corrected chi connectivity index (χ3v) is 2.44. The molecule has 0 spiro atoms. The van der Waals surface area contributed by atoms with Crippen LogP contribution in [0.1, 0.15) is 11.1 Å². The van der Waals surface area contributed by atoms with E-state index in [0.29, 0.717) is 12.0 Å². The topological polar surface area (TPSA) is 37.3 Å². The quantitative estimate of drug-likeness (QED) is 0.813. The lowest BCUT2D eigenvalue weighted by atomic mass is 10.0. The number of hydrogen-bond acceptors (Lipinski definition) is 1. The third-order valence-electron chi connectivity index (χ3n) is 2.44. The first-order valence-electron chi connectivity index (χ1n) is 4.43. The van der Waals surface area contributed by atoms with E-state index >= 15 is 0 Å². The fraction of sp³-hybridized carbons (Fsp3) is 0.182. The molecule has 2 nitrogen and oxygen atoms in total. The van der Waals surface area contributed by atoms with Gasteiger partial charge in [-0.3, -0.25) is 0 Å². The predicted octanol–water partition coefficient (Wildman–Crippen LogP) is 2.35. The molecule has 0 atom stereocenters. The highest BCUT2D eigenvalue weighted by Gasteiger charge is 2.45. The molecule has 0 amide bonds. The van der Waals surface area contributed by atoms with Crippen LogP contribution in [0.15, 0.2) is 30.3 Å². The minimum Gasteiger partial charge on any atom is -0.477 e. The van der Waals surface area contributed by atoms with Crippen LogP contribution in [0.2, 0.25) is 0 Å². The molecular formula is C11H8F2O2. The third kappa shape index (κ3) is 1.42. The summed E-state index contributed by atoms with van der Waals surface area (Å²) in [7, 11) is 0. The number of carboxylic acid groups (broad SMARTS) is 1. The molecular weight excluding hydrogens is 202 g/mol. The van der Waals surface area contributed by atoms with Gasteiger partial charge in [0.25, 0.3) is 0 Å². The van der Waals surface area contributed by atoms with Crippen LogP contribution in [0.4, 0.5) is 8.78 Å². The molecule has 1 aliphatic carbocycles. The normalized spacial score (nSPS) is 14.7. The van der Waals surface area contributed by atoms with E-state index in [2.05, 4.69) is 0 Å². The monoisotopic (exact) mass is 210 g/mol. The highest BCUT2D eigenvalue weighted by atomic mass is 19.3. The van der Waals surface area contributed by atoms with Crippen LogP contribution in [0.5, 0.6) is 0 Å². The van der Waals surface area contributed by atoms with E-state index in [4.69, 9.17) is 5.11 Å². The average Bonchev–Trinajstić information content (AvgIpc) is 2.61. The van der Waals surface area contributed by atoms with E-state index < -0.39 is 17.5 Å². The van der Waals surface area contributed by atoms with Crippen LogP contribution in [-0.2, 0) is 11.2 Å². The summed E-state index contributed by atoms with van der Waals surface area (Å²) >= 11 is 0. The molecule has 0 heterocycles. The molecule has 1 N–H and O–H groups in total. The van der Waals surface area contributed by atoms with Gasteiger partial charge in [-0.05, 0) is 17.5 Å². The zero-order valence-electron chi connectivity index (χ0n) is 7.71. The second-order valence-electron chi connectivity index (χ2n) is 3.36. The fourth-order valence-corrected chi connectivity index (χ4v) is 1.70. The Hall–Kier alpha value is -1.71. The Morgan fingerprint density at radius 3 is 2.67 bits per heavy atom. The number of carbonyl (C=O) groups is 1. The van der Waals surface area contributed by atoms with Crippen molar-refractivity contribution >= 4 is 11.5 Å². The van der Waals surface area contributed by atoms with Crippen molar-refractivity contribution < 1.29 is 18.7 Å². The summed E-state index contributed by atoms with van der Waals surface area (Å²) in [6.45, 7) is 0. The second-order valence-corrected chi connectivity index (χ2v) is 3.36. The van der Waals surface area contributed by atoms with Crippen molar-refractivity contribution in [1.29, 1.82) is 0 Å². The Bertz CT molecular complexity index is 450. The number of halogens is 2. The van der Waals surface area contributed by atoms with Gasteiger partial charge in [-0.25, -0.2) is 4.79 Å². The molecule has 0 bridgehead atoms. The van der Waals surface area contributed by atoms with E-state index in [1.54, 1.807) is 18.2 Å². The minimum absolute atomic E-state index is 0.338. The lowest BCUT2D eigenvalue weighted by Gasteiger charge is -2.13. The maximum Gasteiger partial charge on any atom is 0.379 e. The van der Waals surface area contributed by atoms with E-state index in [9.17, 15) is 13.6 Å². The summed E-state index contributed by atoms with van der Waals surface area (Å²) < 4.78 is 26.5. The predicted molar refractivity (Wildman–Crippen MR) is 50.7 cm³/mol. The molecule has 0 saturated carbocycles. The number of allylic oxidation sites excluding steroid dienone is 1. The van der Waals surface area contributed by atoms with Gasteiger partial charge in [-0.1, -0.05) is 30.3 Å². The van der Waals surface area contributed by atoms with Gasteiger partial charge in [0.05, 0.1) is 0 Å². The number of benzene rings is 1. The van der Waals surface area contributed by atoms with Gasteiger partial charge in [-0.2, -0.15) is 8.78 Å². The van der Waals surface area contributed by atoms with Crippen LogP contribution in [0.25, 0.3) is 5.57 Å². The van der Waals surface area contributed by atoms with E-state index in [-0.39, 0.29) is 0 Å². The molecule has 4 heteroatoms. The van der Waals surface area contributed by atoms with Crippen molar-refractivity contribution in [3.63, 3.8) is 0 Å². The molecule has 0 unspecified atom stereocenters. The first-order chi connectivity index (χ1) is 7.03. The van der Waals surface area contributed by atoms with Gasteiger partial charge in [0.15, 0.2) is 0 Å². The standard InChI is InChI=1S/C11H8F2O2/c12-11(13,10(14)15)9-6-5-7-3-1-2-4-8(7)9/h1-4,6H,5H2,(H,14,15). The zero-order valence-corrected chi connectivity index (χ0v) is 7.71. The smallest absolute Gasteiger partial charge is 0.379 e. The number of carboxylic acids is 1. The van der Waals surface area contributed by atoms with Crippen LogP contribution >= 0.6 is 0 Å². The van der Waals surface area contributed by atoms with Gasteiger partial charge in [0.1, 0.15) is 0 Å². The van der Waals surface area contributed by atoms with Crippen molar-refractivity contribution in [3.8, 4) is 0 Å². The lowest BCUT2D eigenvalue weighted by Crippen LogP contribution is -2.29. The Kier molecular flexibility index (Phi) is 2.07. The molecule has 15 heavy (non-hydrogen) atoms. The molecule has 78 valence electrons. The summed E-state index contributed by atoms with van der Waals surface area (Å²) in [4.78, 5) is 10.4. The van der Waals surface area contributed by atoms with Crippen LogP contribution in [-0.4, -0.2) is 17.0 Å². The molecule has 1 aromatic rings. The summed E-state index contributed by atoms with van der Waals surface area (Å²) in [5.41, 5.74) is 0.684. The summed E-state index contributed by atoms with van der Waals surface area (Å²) in [6, 6.07) is 6.60. The second kappa shape index (κ2) is 3.15. The number of hydrogen-bond donors (Lipinski definition) is 1. The van der Waals surface area contributed by atoms with Gasteiger partial charge >= 0.3 is 11.9 Å². The fourth-order valence-electron chi connectivity index (χ4n) is 1.70. The SMILES string of the molecule is O=C(O)C(F)(F)C1=CCc2ccccc21. The molecule has 1 aliphatic rings. The first kappa shape index (κ1) is 9.83. The highest BCUT2D eigenvalue weighted by molar-refractivity contribution is 5.95. The summed E-state index contributed by atoms with van der Waals surface area (Å²) in [6.07, 6.45) is 1.65. The minimum atomic E-state index is -3.80. The molecule has 0 saturated heterocycles. The average molecular weight is 210 g/mol. The van der Waals surface area contributed by atoms with Gasteiger partial charge in [0.2, 0.25) is 0 Å². The summed E-state index contributed by atoms with van der Waals surface area (Å²) in [5.74, 6) is -5.91. The summed E-state index contributed by atoms with van der Waals surface area (Å²) in [5, 5.41) is 8.44. The largest absolute Gasteiger partial charge is 0.477 e. The van der Waals surface area contributed by atoms with Gasteiger partial charge in [-0.15, -0.1) is 0 Å². The van der Waals surface area contributed by atoms with Gasteiger partial charge in [0, 0.05) is 5.57 Å². The lowest BCUT2D eigenvalue weighted by molar-refractivity contribution is -0.156. The number of aliphatic carboxylic acids is 1. The molecule has 2 rings (SSSR count). The Balaban J connectivity index is 2.47. The number of fused-ring (bicyclic) bond motifs is 1. The van der Waals surface area contributed by atoms with Crippen molar-refractivity contribution in [2.75, 3.05) is 0 Å². The van der Waals surface area contributed by atoms with Crippen LogP contribution in [0, 0.1) is 0 Å². The number of rotatable bonds is 2. The first-order valence-corrected chi connectivity index (χ1v) is 4.43. The van der Waals surface area contributed by atoms with Crippen LogP contribution in [0.3, 0.4) is 0 Å².